The van der Waals surface area contributed by atoms with Gasteiger partial charge in [0, 0.05) is 19.6 Å². The summed E-state index contributed by atoms with van der Waals surface area (Å²) >= 11 is 0. The van der Waals surface area contributed by atoms with Gasteiger partial charge in [0.05, 0.1) is 12.0 Å². The molecule has 2 atom stereocenters. The van der Waals surface area contributed by atoms with Crippen molar-refractivity contribution >= 4 is 5.91 Å². The van der Waals surface area contributed by atoms with Gasteiger partial charge in [0.25, 0.3) is 0 Å². The van der Waals surface area contributed by atoms with Crippen molar-refractivity contribution in [3.05, 3.63) is 0 Å². The fourth-order valence-corrected chi connectivity index (χ4v) is 2.07. The van der Waals surface area contributed by atoms with E-state index in [0.29, 0.717) is 32.0 Å². The van der Waals surface area contributed by atoms with Crippen LogP contribution in [0.2, 0.25) is 0 Å². The third-order valence-corrected chi connectivity index (χ3v) is 2.86. The topological polar surface area (TPSA) is 66.6 Å². The van der Waals surface area contributed by atoms with E-state index in [-0.39, 0.29) is 17.9 Å². The molecule has 4 heteroatoms. The maximum Gasteiger partial charge on any atom is 0.227 e. The van der Waals surface area contributed by atoms with Crippen LogP contribution < -0.4 is 5.73 Å². The number of nitrogens with zero attached hydrogens (tertiary/aromatic N) is 1. The number of nitrogens with two attached hydrogens (primary N) is 1. The fourth-order valence-electron chi connectivity index (χ4n) is 2.07. The van der Waals surface area contributed by atoms with Crippen molar-refractivity contribution in [1.29, 1.82) is 0 Å². The summed E-state index contributed by atoms with van der Waals surface area (Å²) in [6.07, 6.45) is 1.19. The lowest BCUT2D eigenvalue weighted by Gasteiger charge is -2.23. The minimum atomic E-state index is -0.341. The van der Waals surface area contributed by atoms with Crippen LogP contribution in [-0.4, -0.2) is 41.7 Å². The molecule has 1 rings (SSSR count). The van der Waals surface area contributed by atoms with E-state index in [1.165, 1.54) is 0 Å². The Morgan fingerprint density at radius 1 is 1.60 bits per heavy atom. The van der Waals surface area contributed by atoms with Gasteiger partial charge >= 0.3 is 0 Å². The van der Waals surface area contributed by atoms with Gasteiger partial charge in [-0.25, -0.2) is 0 Å². The van der Waals surface area contributed by atoms with Crippen molar-refractivity contribution in [2.24, 2.45) is 17.6 Å². The summed E-state index contributed by atoms with van der Waals surface area (Å²) < 4.78 is 0. The monoisotopic (exact) mass is 214 g/mol. The van der Waals surface area contributed by atoms with Gasteiger partial charge in [-0.3, -0.25) is 4.79 Å². The highest BCUT2D eigenvalue weighted by molar-refractivity contribution is 5.79. The van der Waals surface area contributed by atoms with E-state index in [1.807, 2.05) is 0 Å². The highest BCUT2D eigenvalue weighted by Crippen LogP contribution is 2.17. The third-order valence-electron chi connectivity index (χ3n) is 2.86. The van der Waals surface area contributed by atoms with Gasteiger partial charge in [0.2, 0.25) is 5.91 Å². The summed E-state index contributed by atoms with van der Waals surface area (Å²) in [4.78, 5) is 13.7. The number of β-amino-alcohol motifs (C(OH)–C–C–N with tert-alkyl or cyclic N) is 1. The number of rotatable bonds is 4. The lowest BCUT2D eigenvalue weighted by atomic mass is 9.96. The Morgan fingerprint density at radius 2 is 2.27 bits per heavy atom. The molecule has 1 aliphatic rings. The Bertz CT molecular complexity index is 219. The molecule has 0 bridgehead atoms. The molecule has 0 aromatic carbocycles. The zero-order valence-electron chi connectivity index (χ0n) is 9.65. The molecule has 1 aliphatic heterocycles. The Kier molecular flexibility index (Phi) is 4.54. The minimum Gasteiger partial charge on any atom is -0.391 e. The van der Waals surface area contributed by atoms with E-state index in [2.05, 4.69) is 13.8 Å². The first-order chi connectivity index (χ1) is 7.04. The molecule has 0 aromatic rings. The number of carbonyl (C=O) groups is 1. The average molecular weight is 214 g/mol. The maximum atomic E-state index is 12.0. The molecular weight excluding hydrogens is 192 g/mol. The SMILES string of the molecule is CC(C)CC(CN)C(=O)N1CC[C@@H](O)C1. The number of amides is 1. The molecule has 0 aliphatic carbocycles. The first-order valence-electron chi connectivity index (χ1n) is 5.71. The first kappa shape index (κ1) is 12.5. The van der Waals surface area contributed by atoms with Gasteiger partial charge in [-0.05, 0) is 18.8 Å². The van der Waals surface area contributed by atoms with Crippen molar-refractivity contribution in [2.75, 3.05) is 19.6 Å². The second-order valence-corrected chi connectivity index (χ2v) is 4.79. The first-order valence-corrected chi connectivity index (χ1v) is 5.71. The lowest BCUT2D eigenvalue weighted by Crippen LogP contribution is -2.38. The van der Waals surface area contributed by atoms with Crippen LogP contribution in [0.4, 0.5) is 0 Å². The van der Waals surface area contributed by atoms with Gasteiger partial charge in [0.1, 0.15) is 0 Å². The van der Waals surface area contributed by atoms with Gasteiger partial charge in [-0.15, -0.1) is 0 Å². The van der Waals surface area contributed by atoms with E-state index < -0.39 is 0 Å². The van der Waals surface area contributed by atoms with Crippen LogP contribution >= 0.6 is 0 Å². The van der Waals surface area contributed by atoms with Crippen LogP contribution in [0.3, 0.4) is 0 Å². The Hall–Kier alpha value is -0.610. The van der Waals surface area contributed by atoms with E-state index >= 15 is 0 Å². The summed E-state index contributed by atoms with van der Waals surface area (Å²) in [5, 5.41) is 9.36. The smallest absolute Gasteiger partial charge is 0.227 e. The molecular formula is C11H22N2O2. The molecule has 0 aromatic heterocycles. The molecule has 1 amide bonds. The molecule has 1 saturated heterocycles. The molecule has 0 spiro atoms. The van der Waals surface area contributed by atoms with E-state index in [9.17, 15) is 9.90 Å². The summed E-state index contributed by atoms with van der Waals surface area (Å²) in [6, 6.07) is 0. The number of aliphatic hydroxyl groups excluding tert-OH is 1. The average Bonchev–Trinajstić information content (AvgIpc) is 2.60. The summed E-state index contributed by atoms with van der Waals surface area (Å²) in [7, 11) is 0. The predicted octanol–water partition coefficient (Wildman–Crippen LogP) is 0.201. The van der Waals surface area contributed by atoms with Crippen LogP contribution in [0.1, 0.15) is 26.7 Å². The molecule has 0 saturated carbocycles. The summed E-state index contributed by atoms with van der Waals surface area (Å²) in [5.74, 6) is 0.521. The number of hydrogen-bond acceptors (Lipinski definition) is 3. The second kappa shape index (κ2) is 5.47. The van der Waals surface area contributed by atoms with Crippen molar-refractivity contribution in [1.82, 2.24) is 4.90 Å². The molecule has 1 unspecified atom stereocenters. The lowest BCUT2D eigenvalue weighted by molar-refractivity contribution is -0.135. The normalized spacial score (nSPS) is 23.5. The molecule has 15 heavy (non-hydrogen) atoms. The molecule has 1 fully saturated rings. The molecule has 88 valence electrons. The van der Waals surface area contributed by atoms with Crippen molar-refractivity contribution in [3.8, 4) is 0 Å². The molecule has 4 nitrogen and oxygen atoms in total. The van der Waals surface area contributed by atoms with Gasteiger partial charge in [-0.1, -0.05) is 13.8 Å². The quantitative estimate of drug-likeness (QED) is 0.702. The van der Waals surface area contributed by atoms with Gasteiger partial charge in [0.15, 0.2) is 0 Å². The van der Waals surface area contributed by atoms with Crippen LogP contribution in [0.5, 0.6) is 0 Å². The van der Waals surface area contributed by atoms with E-state index in [1.54, 1.807) is 4.90 Å². The summed E-state index contributed by atoms with van der Waals surface area (Å²) in [6.45, 7) is 5.75. The summed E-state index contributed by atoms with van der Waals surface area (Å²) in [5.41, 5.74) is 5.61. The molecule has 3 N–H and O–H groups in total. The standard InChI is InChI=1S/C11H22N2O2/c1-8(2)5-9(6-12)11(15)13-4-3-10(14)7-13/h8-10,14H,3-7,12H2,1-2H3/t9?,10-/m1/s1. The van der Waals surface area contributed by atoms with Gasteiger partial charge < -0.3 is 15.7 Å². The number of carbonyl (C=O) groups excluding carboxylic acids is 1. The van der Waals surface area contributed by atoms with Crippen molar-refractivity contribution in [3.63, 3.8) is 0 Å². The van der Waals surface area contributed by atoms with Crippen LogP contribution in [0, 0.1) is 11.8 Å². The van der Waals surface area contributed by atoms with Gasteiger partial charge in [-0.2, -0.15) is 0 Å². The minimum absolute atomic E-state index is 0.0738. The fraction of sp³-hybridized carbons (Fsp3) is 0.909. The number of likely N-dealkylation sites (tertiary alicyclic amines) is 1. The van der Waals surface area contributed by atoms with Crippen molar-refractivity contribution < 1.29 is 9.90 Å². The Labute approximate surface area is 91.4 Å². The highest BCUT2D eigenvalue weighted by Gasteiger charge is 2.29. The molecule has 0 radical (unpaired) electrons. The number of hydrogen-bond donors (Lipinski definition) is 2. The number of aliphatic hydroxyl groups is 1. The largest absolute Gasteiger partial charge is 0.391 e. The second-order valence-electron chi connectivity index (χ2n) is 4.79. The van der Waals surface area contributed by atoms with Crippen LogP contribution in [0.25, 0.3) is 0 Å². The third kappa shape index (κ3) is 3.47. The Morgan fingerprint density at radius 3 is 2.67 bits per heavy atom. The van der Waals surface area contributed by atoms with Crippen LogP contribution in [0.15, 0.2) is 0 Å². The zero-order valence-corrected chi connectivity index (χ0v) is 9.65. The Balaban J connectivity index is 2.49. The molecule has 1 heterocycles. The maximum absolute atomic E-state index is 12.0. The zero-order chi connectivity index (χ0) is 11.4. The van der Waals surface area contributed by atoms with E-state index in [4.69, 9.17) is 5.73 Å². The van der Waals surface area contributed by atoms with Crippen molar-refractivity contribution in [2.45, 2.75) is 32.8 Å². The van der Waals surface area contributed by atoms with E-state index in [0.717, 1.165) is 6.42 Å². The van der Waals surface area contributed by atoms with Crippen LogP contribution in [-0.2, 0) is 4.79 Å². The predicted molar refractivity (Wildman–Crippen MR) is 59.2 cm³/mol. The highest BCUT2D eigenvalue weighted by atomic mass is 16.3.